The van der Waals surface area contributed by atoms with Gasteiger partial charge in [-0.05, 0) is 40.9 Å². The summed E-state index contributed by atoms with van der Waals surface area (Å²) in [5.41, 5.74) is -0.0774. The first-order valence-electron chi connectivity index (χ1n) is 7.19. The molecule has 0 saturated carbocycles. The standard InChI is InChI=1S/C15H15BrF3N3O/c1-23-10-2-4-22(5-3-10)13-8-20-12-7-9(15(17,18)19)6-11(16)14(12)21-13/h6-8,10H,2-5H2,1H3. The zero-order valence-corrected chi connectivity index (χ0v) is 14.0. The predicted molar refractivity (Wildman–Crippen MR) is 84.5 cm³/mol. The lowest BCUT2D eigenvalue weighted by Crippen LogP contribution is -2.37. The number of aromatic nitrogens is 2. The molecule has 4 nitrogen and oxygen atoms in total. The lowest BCUT2D eigenvalue weighted by Gasteiger charge is -2.31. The quantitative estimate of drug-likeness (QED) is 0.777. The van der Waals surface area contributed by atoms with Gasteiger partial charge in [0, 0.05) is 24.7 Å². The van der Waals surface area contributed by atoms with E-state index in [1.807, 2.05) is 0 Å². The van der Waals surface area contributed by atoms with Crippen molar-refractivity contribution in [2.45, 2.75) is 25.1 Å². The number of benzene rings is 1. The molecule has 1 aromatic carbocycles. The Labute approximate surface area is 139 Å². The van der Waals surface area contributed by atoms with E-state index >= 15 is 0 Å². The molecule has 3 rings (SSSR count). The van der Waals surface area contributed by atoms with E-state index < -0.39 is 11.7 Å². The molecule has 8 heteroatoms. The van der Waals surface area contributed by atoms with Crippen molar-refractivity contribution in [3.05, 3.63) is 28.4 Å². The Morgan fingerprint density at radius 3 is 2.57 bits per heavy atom. The van der Waals surface area contributed by atoms with Gasteiger partial charge < -0.3 is 9.64 Å². The highest BCUT2D eigenvalue weighted by Gasteiger charge is 2.31. The van der Waals surface area contributed by atoms with Crippen LogP contribution >= 0.6 is 15.9 Å². The number of piperidine rings is 1. The molecule has 1 aromatic heterocycles. The first-order valence-corrected chi connectivity index (χ1v) is 7.99. The lowest BCUT2D eigenvalue weighted by atomic mass is 10.1. The molecule has 0 radical (unpaired) electrons. The van der Waals surface area contributed by atoms with Crippen LogP contribution in [0.3, 0.4) is 0 Å². The molecule has 0 N–H and O–H groups in total. The number of hydrogen-bond acceptors (Lipinski definition) is 4. The normalized spacial score (nSPS) is 17.0. The number of rotatable bonds is 2. The van der Waals surface area contributed by atoms with Crippen LogP contribution in [0.2, 0.25) is 0 Å². The van der Waals surface area contributed by atoms with Crippen molar-refractivity contribution >= 4 is 32.8 Å². The molecule has 1 fully saturated rings. The van der Waals surface area contributed by atoms with Crippen LogP contribution in [0.1, 0.15) is 18.4 Å². The number of alkyl halides is 3. The van der Waals surface area contributed by atoms with Crippen LogP contribution in [0.25, 0.3) is 11.0 Å². The fourth-order valence-electron chi connectivity index (χ4n) is 2.70. The van der Waals surface area contributed by atoms with Gasteiger partial charge in [-0.2, -0.15) is 13.2 Å². The van der Waals surface area contributed by atoms with Gasteiger partial charge in [-0.15, -0.1) is 0 Å². The smallest absolute Gasteiger partial charge is 0.381 e. The summed E-state index contributed by atoms with van der Waals surface area (Å²) in [4.78, 5) is 10.7. The summed E-state index contributed by atoms with van der Waals surface area (Å²) < 4.78 is 44.2. The molecule has 2 heterocycles. The van der Waals surface area contributed by atoms with Crippen molar-refractivity contribution in [2.75, 3.05) is 25.1 Å². The number of anilines is 1. The Morgan fingerprint density at radius 2 is 1.96 bits per heavy atom. The van der Waals surface area contributed by atoms with E-state index in [-0.39, 0.29) is 11.6 Å². The van der Waals surface area contributed by atoms with Gasteiger partial charge in [0.15, 0.2) is 0 Å². The fourth-order valence-corrected chi connectivity index (χ4v) is 3.24. The van der Waals surface area contributed by atoms with Crippen LogP contribution < -0.4 is 4.90 Å². The molecule has 124 valence electrons. The third-order valence-electron chi connectivity index (χ3n) is 4.02. The minimum atomic E-state index is -4.40. The first-order chi connectivity index (χ1) is 10.9. The van der Waals surface area contributed by atoms with Crippen molar-refractivity contribution in [3.63, 3.8) is 0 Å². The molecule has 0 unspecified atom stereocenters. The van der Waals surface area contributed by atoms with Gasteiger partial charge >= 0.3 is 6.18 Å². The van der Waals surface area contributed by atoms with Crippen molar-refractivity contribution in [1.29, 1.82) is 0 Å². The Morgan fingerprint density at radius 1 is 1.26 bits per heavy atom. The zero-order chi connectivity index (χ0) is 16.6. The van der Waals surface area contributed by atoms with Gasteiger partial charge in [0.1, 0.15) is 11.3 Å². The van der Waals surface area contributed by atoms with E-state index in [2.05, 4.69) is 30.8 Å². The topological polar surface area (TPSA) is 38.2 Å². The second-order valence-corrected chi connectivity index (χ2v) is 6.33. The molecule has 1 aliphatic rings. The molecule has 23 heavy (non-hydrogen) atoms. The van der Waals surface area contributed by atoms with Crippen LogP contribution in [0, 0.1) is 0 Å². The summed E-state index contributed by atoms with van der Waals surface area (Å²) >= 11 is 3.18. The molecular weight excluding hydrogens is 375 g/mol. The van der Waals surface area contributed by atoms with Gasteiger partial charge in [-0.1, -0.05) is 0 Å². The number of nitrogens with zero attached hydrogens (tertiary/aromatic N) is 3. The maximum absolute atomic E-state index is 12.8. The van der Waals surface area contributed by atoms with E-state index in [0.717, 1.165) is 38.1 Å². The van der Waals surface area contributed by atoms with Crippen LogP contribution in [-0.2, 0) is 10.9 Å². The molecule has 0 spiro atoms. The highest BCUT2D eigenvalue weighted by Crippen LogP contribution is 2.34. The van der Waals surface area contributed by atoms with Gasteiger partial charge in [0.05, 0.1) is 23.4 Å². The molecule has 0 atom stereocenters. The SMILES string of the molecule is COC1CCN(c2cnc3cc(C(F)(F)F)cc(Br)c3n2)CC1. The molecule has 1 aliphatic heterocycles. The average molecular weight is 390 g/mol. The van der Waals surface area contributed by atoms with Crippen molar-refractivity contribution in [2.24, 2.45) is 0 Å². The highest BCUT2D eigenvalue weighted by atomic mass is 79.9. The largest absolute Gasteiger partial charge is 0.416 e. The number of ether oxygens (including phenoxy) is 1. The van der Waals surface area contributed by atoms with Crippen LogP contribution in [0.5, 0.6) is 0 Å². The monoisotopic (exact) mass is 389 g/mol. The molecule has 2 aromatic rings. The summed E-state index contributed by atoms with van der Waals surface area (Å²) in [5, 5.41) is 0. The fraction of sp³-hybridized carbons (Fsp3) is 0.467. The first kappa shape index (κ1) is 16.4. The number of fused-ring (bicyclic) bond motifs is 1. The highest BCUT2D eigenvalue weighted by molar-refractivity contribution is 9.10. The van der Waals surface area contributed by atoms with Crippen LogP contribution in [-0.4, -0.2) is 36.3 Å². The average Bonchev–Trinajstić information content (AvgIpc) is 2.54. The van der Waals surface area contributed by atoms with Crippen molar-refractivity contribution in [3.8, 4) is 0 Å². The van der Waals surface area contributed by atoms with Gasteiger partial charge in [-0.3, -0.25) is 4.98 Å². The minimum absolute atomic E-state index is 0.224. The van der Waals surface area contributed by atoms with E-state index in [9.17, 15) is 13.2 Å². The molecular formula is C15H15BrF3N3O. The maximum atomic E-state index is 12.8. The molecule has 0 aliphatic carbocycles. The third-order valence-corrected chi connectivity index (χ3v) is 4.62. The summed E-state index contributed by atoms with van der Waals surface area (Å²) in [6, 6.07) is 2.06. The Hall–Kier alpha value is -1.41. The van der Waals surface area contributed by atoms with Gasteiger partial charge in [0.25, 0.3) is 0 Å². The minimum Gasteiger partial charge on any atom is -0.381 e. The van der Waals surface area contributed by atoms with Gasteiger partial charge in [0.2, 0.25) is 0 Å². The van der Waals surface area contributed by atoms with E-state index in [1.54, 1.807) is 7.11 Å². The van der Waals surface area contributed by atoms with Crippen LogP contribution in [0.15, 0.2) is 22.8 Å². The Bertz CT molecular complexity index is 715. The number of halogens is 4. The summed E-state index contributed by atoms with van der Waals surface area (Å²) in [6.45, 7) is 1.58. The predicted octanol–water partition coefficient (Wildman–Crippen LogP) is 4.03. The summed E-state index contributed by atoms with van der Waals surface area (Å²) in [5.74, 6) is 0.674. The molecule has 0 bridgehead atoms. The van der Waals surface area contributed by atoms with E-state index in [4.69, 9.17) is 4.74 Å². The van der Waals surface area contributed by atoms with Crippen molar-refractivity contribution in [1.82, 2.24) is 9.97 Å². The Kier molecular flexibility index (Phi) is 4.46. The second kappa shape index (κ2) is 6.24. The maximum Gasteiger partial charge on any atom is 0.416 e. The number of hydrogen-bond donors (Lipinski definition) is 0. The van der Waals surface area contributed by atoms with Gasteiger partial charge in [-0.25, -0.2) is 4.98 Å². The van der Waals surface area contributed by atoms with Crippen molar-refractivity contribution < 1.29 is 17.9 Å². The third kappa shape index (κ3) is 3.42. The summed E-state index contributed by atoms with van der Waals surface area (Å²) in [6.07, 6.45) is -0.837. The molecule has 1 saturated heterocycles. The van der Waals surface area contributed by atoms with E-state index in [1.165, 1.54) is 6.20 Å². The zero-order valence-electron chi connectivity index (χ0n) is 12.4. The number of methoxy groups -OCH3 is 1. The lowest BCUT2D eigenvalue weighted by molar-refractivity contribution is -0.137. The van der Waals surface area contributed by atoms with Crippen LogP contribution in [0.4, 0.5) is 19.0 Å². The van der Waals surface area contributed by atoms with E-state index in [0.29, 0.717) is 15.8 Å². The summed E-state index contributed by atoms with van der Waals surface area (Å²) in [7, 11) is 1.70. The Balaban J connectivity index is 1.92. The second-order valence-electron chi connectivity index (χ2n) is 5.47. The molecule has 0 amide bonds.